The van der Waals surface area contributed by atoms with Crippen molar-refractivity contribution in [3.63, 3.8) is 0 Å². The number of nitrogens with zero attached hydrogens (tertiary/aromatic N) is 4. The fourth-order valence-corrected chi connectivity index (χ4v) is 2.51. The second kappa shape index (κ2) is 6.43. The van der Waals surface area contributed by atoms with Crippen molar-refractivity contribution < 1.29 is 9.18 Å². The molecule has 3 rings (SSSR count). The van der Waals surface area contributed by atoms with E-state index < -0.39 is 11.7 Å². The van der Waals surface area contributed by atoms with Gasteiger partial charge in [-0.05, 0) is 45.4 Å². The molecule has 6 nitrogen and oxygen atoms in total. The van der Waals surface area contributed by atoms with E-state index in [-0.39, 0.29) is 5.56 Å². The van der Waals surface area contributed by atoms with Gasteiger partial charge in [-0.25, -0.2) is 19.3 Å². The number of hydrogen-bond acceptors (Lipinski definition) is 4. The van der Waals surface area contributed by atoms with Crippen LogP contribution in [0.5, 0.6) is 0 Å². The summed E-state index contributed by atoms with van der Waals surface area (Å²) in [6, 6.07) is 4.35. The molecule has 0 saturated carbocycles. The third kappa shape index (κ3) is 3.26. The Bertz CT molecular complexity index is 947. The number of imidazole rings is 1. The highest BCUT2D eigenvalue weighted by atomic mass is 19.1. The molecule has 0 aliphatic carbocycles. The summed E-state index contributed by atoms with van der Waals surface area (Å²) in [6.45, 7) is 7.39. The Morgan fingerprint density at radius 2 is 1.80 bits per heavy atom. The van der Waals surface area contributed by atoms with Gasteiger partial charge in [0.25, 0.3) is 5.91 Å². The molecule has 0 unspecified atom stereocenters. The van der Waals surface area contributed by atoms with Gasteiger partial charge < -0.3 is 5.32 Å². The molecule has 3 aromatic rings. The Morgan fingerprint density at radius 1 is 1.12 bits per heavy atom. The number of carbonyl (C=O) groups is 1. The molecule has 0 saturated heterocycles. The van der Waals surface area contributed by atoms with Gasteiger partial charge in [0.2, 0.25) is 5.95 Å². The van der Waals surface area contributed by atoms with Gasteiger partial charge in [0.1, 0.15) is 11.6 Å². The van der Waals surface area contributed by atoms with Gasteiger partial charge in [0.15, 0.2) is 0 Å². The van der Waals surface area contributed by atoms with E-state index in [1.807, 2.05) is 25.3 Å². The van der Waals surface area contributed by atoms with Crippen LogP contribution in [0.3, 0.4) is 0 Å². The van der Waals surface area contributed by atoms with Crippen LogP contribution in [0.15, 0.2) is 30.6 Å². The zero-order chi connectivity index (χ0) is 18.1. The Labute approximate surface area is 144 Å². The van der Waals surface area contributed by atoms with Crippen LogP contribution >= 0.6 is 0 Å². The minimum absolute atomic E-state index is 0.240. The van der Waals surface area contributed by atoms with E-state index in [0.717, 1.165) is 17.2 Å². The van der Waals surface area contributed by atoms with E-state index in [2.05, 4.69) is 20.3 Å². The van der Waals surface area contributed by atoms with Crippen molar-refractivity contribution in [1.82, 2.24) is 19.5 Å². The molecule has 0 radical (unpaired) electrons. The molecule has 1 N–H and O–H groups in total. The summed E-state index contributed by atoms with van der Waals surface area (Å²) in [6.07, 6.45) is 3.03. The van der Waals surface area contributed by atoms with Crippen molar-refractivity contribution in [2.75, 3.05) is 5.32 Å². The van der Waals surface area contributed by atoms with Gasteiger partial charge >= 0.3 is 0 Å². The average molecular weight is 339 g/mol. The fraction of sp³-hybridized carbons (Fsp3) is 0.222. The van der Waals surface area contributed by atoms with Crippen LogP contribution in [-0.2, 0) is 0 Å². The molecular formula is C18H18FN5O. The maximum atomic E-state index is 13.6. The van der Waals surface area contributed by atoms with Crippen LogP contribution in [0, 0.1) is 33.5 Å². The highest BCUT2D eigenvalue weighted by Crippen LogP contribution is 2.16. The van der Waals surface area contributed by atoms with Gasteiger partial charge in [-0.2, -0.15) is 0 Å². The van der Waals surface area contributed by atoms with Crippen molar-refractivity contribution >= 4 is 11.6 Å². The maximum absolute atomic E-state index is 13.6. The van der Waals surface area contributed by atoms with E-state index in [1.165, 1.54) is 18.5 Å². The highest BCUT2D eigenvalue weighted by Gasteiger charge is 2.13. The minimum atomic E-state index is -0.416. The molecule has 128 valence electrons. The zero-order valence-electron chi connectivity index (χ0n) is 14.5. The molecule has 1 amide bonds. The van der Waals surface area contributed by atoms with E-state index in [9.17, 15) is 9.18 Å². The summed E-state index contributed by atoms with van der Waals surface area (Å²) in [7, 11) is 0. The minimum Gasteiger partial charge on any atom is -0.319 e. The van der Waals surface area contributed by atoms with Crippen molar-refractivity contribution in [3.8, 4) is 5.95 Å². The molecule has 0 atom stereocenters. The third-order valence-electron chi connectivity index (χ3n) is 4.04. The lowest BCUT2D eigenvalue weighted by molar-refractivity contribution is 0.102. The summed E-state index contributed by atoms with van der Waals surface area (Å²) in [5.74, 6) is 0.443. The third-order valence-corrected chi connectivity index (χ3v) is 4.04. The average Bonchev–Trinajstić information content (AvgIpc) is 2.83. The van der Waals surface area contributed by atoms with Crippen LogP contribution in [-0.4, -0.2) is 25.4 Å². The first-order valence-electron chi connectivity index (χ1n) is 7.79. The smallest absolute Gasteiger partial charge is 0.255 e. The van der Waals surface area contributed by atoms with E-state index in [4.69, 9.17) is 0 Å². The Balaban J connectivity index is 1.81. The second-order valence-corrected chi connectivity index (χ2v) is 5.86. The number of halogens is 1. The molecule has 7 heteroatoms. The summed E-state index contributed by atoms with van der Waals surface area (Å²) in [4.78, 5) is 25.2. The van der Waals surface area contributed by atoms with Crippen molar-refractivity contribution in [2.24, 2.45) is 0 Å². The van der Waals surface area contributed by atoms with E-state index in [1.54, 1.807) is 19.1 Å². The predicted molar refractivity (Wildman–Crippen MR) is 92.5 cm³/mol. The molecule has 0 aliphatic heterocycles. The standard InChI is InChI=1S/C18H18FN5O/c1-10-5-6-14(7-16(10)19)17(25)23-15-8-20-18(21-9-15)24-12(3)11(2)22-13(24)4/h5-9H,1-4H3,(H,23,25). The van der Waals surface area contributed by atoms with Gasteiger partial charge in [0, 0.05) is 11.3 Å². The van der Waals surface area contributed by atoms with Gasteiger partial charge in [-0.15, -0.1) is 0 Å². The number of hydrogen-bond donors (Lipinski definition) is 1. The number of carbonyl (C=O) groups excluding carboxylic acids is 1. The first-order valence-corrected chi connectivity index (χ1v) is 7.79. The Kier molecular flexibility index (Phi) is 4.31. The van der Waals surface area contributed by atoms with Gasteiger partial charge in [-0.1, -0.05) is 6.07 Å². The van der Waals surface area contributed by atoms with Gasteiger partial charge in [-0.3, -0.25) is 9.36 Å². The van der Waals surface area contributed by atoms with Crippen LogP contribution in [0.4, 0.5) is 10.1 Å². The number of anilines is 1. The van der Waals surface area contributed by atoms with Gasteiger partial charge in [0.05, 0.1) is 23.8 Å². The van der Waals surface area contributed by atoms with Crippen LogP contribution in [0.1, 0.15) is 33.1 Å². The van der Waals surface area contributed by atoms with Crippen LogP contribution in [0.2, 0.25) is 0 Å². The molecule has 2 aromatic heterocycles. The van der Waals surface area contributed by atoms with E-state index >= 15 is 0 Å². The maximum Gasteiger partial charge on any atom is 0.255 e. The number of benzene rings is 1. The number of rotatable bonds is 3. The molecule has 2 heterocycles. The molecule has 0 aliphatic rings. The normalized spacial score (nSPS) is 10.8. The first kappa shape index (κ1) is 16.8. The molecular weight excluding hydrogens is 321 g/mol. The lowest BCUT2D eigenvalue weighted by Crippen LogP contribution is -2.13. The molecule has 0 bridgehead atoms. The van der Waals surface area contributed by atoms with Crippen molar-refractivity contribution in [3.05, 3.63) is 64.7 Å². The number of nitrogens with one attached hydrogen (secondary N) is 1. The monoisotopic (exact) mass is 339 g/mol. The lowest BCUT2D eigenvalue weighted by atomic mass is 10.1. The zero-order valence-corrected chi connectivity index (χ0v) is 14.5. The lowest BCUT2D eigenvalue weighted by Gasteiger charge is -2.08. The van der Waals surface area contributed by atoms with Crippen molar-refractivity contribution in [2.45, 2.75) is 27.7 Å². The fourth-order valence-electron chi connectivity index (χ4n) is 2.51. The van der Waals surface area contributed by atoms with Crippen LogP contribution in [0.25, 0.3) is 5.95 Å². The SMILES string of the molecule is Cc1ccc(C(=O)Nc2cnc(-n3c(C)nc(C)c3C)nc2)cc1F. The Morgan fingerprint density at radius 3 is 2.36 bits per heavy atom. The second-order valence-electron chi connectivity index (χ2n) is 5.86. The molecule has 0 spiro atoms. The summed E-state index contributed by atoms with van der Waals surface area (Å²) < 4.78 is 15.4. The molecule has 25 heavy (non-hydrogen) atoms. The topological polar surface area (TPSA) is 72.7 Å². The number of aryl methyl sites for hydroxylation is 3. The largest absolute Gasteiger partial charge is 0.319 e. The van der Waals surface area contributed by atoms with Crippen LogP contribution < -0.4 is 5.32 Å². The van der Waals surface area contributed by atoms with Crippen molar-refractivity contribution in [1.29, 1.82) is 0 Å². The highest BCUT2D eigenvalue weighted by molar-refractivity contribution is 6.04. The quantitative estimate of drug-likeness (QED) is 0.795. The number of amides is 1. The summed E-state index contributed by atoms with van der Waals surface area (Å²) in [5, 5.41) is 2.66. The van der Waals surface area contributed by atoms with E-state index in [0.29, 0.717) is 17.2 Å². The summed E-state index contributed by atoms with van der Waals surface area (Å²) in [5.41, 5.74) is 3.04. The summed E-state index contributed by atoms with van der Waals surface area (Å²) >= 11 is 0. The number of aromatic nitrogens is 4. The predicted octanol–water partition coefficient (Wildman–Crippen LogP) is 3.29. The molecule has 0 fully saturated rings. The Hall–Kier alpha value is -3.09. The first-order chi connectivity index (χ1) is 11.9. The molecule has 1 aromatic carbocycles.